The second-order valence-electron chi connectivity index (χ2n) is 7.33. The molecule has 1 aliphatic heterocycles. The first kappa shape index (κ1) is 13.9. The quantitative estimate of drug-likeness (QED) is 0.814. The first-order valence-corrected chi connectivity index (χ1v) is 8.81. The van der Waals surface area contributed by atoms with Gasteiger partial charge in [-0.3, -0.25) is 0 Å². The summed E-state index contributed by atoms with van der Waals surface area (Å²) in [4.78, 5) is 0. The molecule has 0 bridgehead atoms. The van der Waals surface area contributed by atoms with Gasteiger partial charge in [0.1, 0.15) is 0 Å². The third-order valence-corrected chi connectivity index (χ3v) is 6.12. The molecule has 0 aromatic heterocycles. The number of nitrogens with one attached hydrogen (secondary N) is 2. The van der Waals surface area contributed by atoms with Crippen molar-refractivity contribution in [1.82, 2.24) is 10.6 Å². The van der Waals surface area contributed by atoms with Crippen LogP contribution in [0.15, 0.2) is 0 Å². The minimum Gasteiger partial charge on any atom is -0.314 e. The van der Waals surface area contributed by atoms with E-state index in [4.69, 9.17) is 0 Å². The zero-order chi connectivity index (χ0) is 13.1. The molecule has 0 spiro atoms. The van der Waals surface area contributed by atoms with Crippen molar-refractivity contribution >= 4 is 0 Å². The van der Waals surface area contributed by atoms with Crippen LogP contribution in [0.2, 0.25) is 0 Å². The van der Waals surface area contributed by atoms with Crippen LogP contribution in [0.1, 0.15) is 64.7 Å². The van der Waals surface area contributed by atoms with E-state index in [-0.39, 0.29) is 0 Å². The summed E-state index contributed by atoms with van der Waals surface area (Å²) in [6.07, 6.45) is 13.0. The summed E-state index contributed by atoms with van der Waals surface area (Å²) in [7, 11) is 0. The van der Waals surface area contributed by atoms with Gasteiger partial charge in [-0.15, -0.1) is 0 Å². The van der Waals surface area contributed by atoms with Gasteiger partial charge in [-0.25, -0.2) is 0 Å². The highest BCUT2D eigenvalue weighted by molar-refractivity contribution is 4.92. The Morgan fingerprint density at radius 1 is 0.947 bits per heavy atom. The lowest BCUT2D eigenvalue weighted by Crippen LogP contribution is -2.48. The Morgan fingerprint density at radius 3 is 2.58 bits per heavy atom. The van der Waals surface area contributed by atoms with E-state index in [0.29, 0.717) is 0 Å². The third-order valence-electron chi connectivity index (χ3n) is 6.12. The van der Waals surface area contributed by atoms with Crippen LogP contribution >= 0.6 is 0 Å². The van der Waals surface area contributed by atoms with Gasteiger partial charge in [-0.05, 0) is 62.9 Å². The van der Waals surface area contributed by atoms with Crippen molar-refractivity contribution in [2.75, 3.05) is 13.1 Å². The molecular formula is C17H32N2. The first-order valence-electron chi connectivity index (χ1n) is 8.81. The molecule has 1 heterocycles. The van der Waals surface area contributed by atoms with E-state index in [1.807, 2.05) is 0 Å². The second kappa shape index (κ2) is 6.58. The summed E-state index contributed by atoms with van der Waals surface area (Å²) in [6, 6.07) is 1.62. The smallest absolute Gasteiger partial charge is 0.0111 e. The zero-order valence-corrected chi connectivity index (χ0v) is 12.7. The topological polar surface area (TPSA) is 24.1 Å². The molecule has 5 atom stereocenters. The molecule has 0 radical (unpaired) electrons. The molecule has 2 N–H and O–H groups in total. The SMILES string of the molecule is CC1CCCC1CNC1CCCCC1C1CCCN1. The highest BCUT2D eigenvalue weighted by atomic mass is 15.0. The summed E-state index contributed by atoms with van der Waals surface area (Å²) in [5.41, 5.74) is 0. The summed E-state index contributed by atoms with van der Waals surface area (Å²) >= 11 is 0. The summed E-state index contributed by atoms with van der Waals surface area (Å²) < 4.78 is 0. The zero-order valence-electron chi connectivity index (χ0n) is 12.7. The Bertz CT molecular complexity index is 272. The van der Waals surface area contributed by atoms with Crippen LogP contribution in [0, 0.1) is 17.8 Å². The minimum absolute atomic E-state index is 0.803. The molecule has 3 fully saturated rings. The average molecular weight is 264 g/mol. The van der Waals surface area contributed by atoms with E-state index in [9.17, 15) is 0 Å². The highest BCUT2D eigenvalue weighted by Gasteiger charge is 2.33. The molecule has 2 saturated carbocycles. The Balaban J connectivity index is 1.51. The lowest BCUT2D eigenvalue weighted by atomic mass is 9.79. The molecule has 5 unspecified atom stereocenters. The molecule has 0 aromatic carbocycles. The van der Waals surface area contributed by atoms with Gasteiger partial charge < -0.3 is 10.6 Å². The van der Waals surface area contributed by atoms with Crippen molar-refractivity contribution in [3.05, 3.63) is 0 Å². The van der Waals surface area contributed by atoms with Crippen LogP contribution in [0.3, 0.4) is 0 Å². The highest BCUT2D eigenvalue weighted by Crippen LogP contribution is 2.33. The Labute approximate surface area is 119 Å². The number of rotatable bonds is 4. The maximum Gasteiger partial charge on any atom is 0.0111 e. The van der Waals surface area contributed by atoms with Crippen molar-refractivity contribution in [3.63, 3.8) is 0 Å². The molecule has 3 aliphatic rings. The molecule has 0 amide bonds. The van der Waals surface area contributed by atoms with Crippen molar-refractivity contribution in [2.24, 2.45) is 17.8 Å². The van der Waals surface area contributed by atoms with E-state index in [2.05, 4.69) is 17.6 Å². The van der Waals surface area contributed by atoms with Crippen molar-refractivity contribution in [2.45, 2.75) is 76.8 Å². The summed E-state index contributed by atoms with van der Waals surface area (Å²) in [5.74, 6) is 2.83. The van der Waals surface area contributed by atoms with Gasteiger partial charge in [0.2, 0.25) is 0 Å². The normalized spacial score (nSPS) is 43.7. The van der Waals surface area contributed by atoms with Crippen molar-refractivity contribution < 1.29 is 0 Å². The van der Waals surface area contributed by atoms with Gasteiger partial charge >= 0.3 is 0 Å². The monoisotopic (exact) mass is 264 g/mol. The van der Waals surface area contributed by atoms with Crippen molar-refractivity contribution in [1.29, 1.82) is 0 Å². The Kier molecular flexibility index (Phi) is 4.81. The maximum atomic E-state index is 3.98. The van der Waals surface area contributed by atoms with E-state index < -0.39 is 0 Å². The van der Waals surface area contributed by atoms with E-state index in [0.717, 1.165) is 29.8 Å². The van der Waals surface area contributed by atoms with E-state index >= 15 is 0 Å². The number of hydrogen-bond acceptors (Lipinski definition) is 2. The largest absolute Gasteiger partial charge is 0.314 e. The summed E-state index contributed by atoms with van der Waals surface area (Å²) in [6.45, 7) is 5.00. The minimum atomic E-state index is 0.803. The van der Waals surface area contributed by atoms with Gasteiger partial charge in [0, 0.05) is 12.1 Å². The molecule has 0 aromatic rings. The summed E-state index contributed by atoms with van der Waals surface area (Å²) in [5, 5.41) is 7.73. The average Bonchev–Trinajstić information content (AvgIpc) is 3.08. The molecule has 1 saturated heterocycles. The predicted molar refractivity (Wildman–Crippen MR) is 81.3 cm³/mol. The first-order chi connectivity index (χ1) is 9.34. The molecular weight excluding hydrogens is 232 g/mol. The van der Waals surface area contributed by atoms with Crippen LogP contribution < -0.4 is 10.6 Å². The molecule has 110 valence electrons. The van der Waals surface area contributed by atoms with Gasteiger partial charge in [0.15, 0.2) is 0 Å². The van der Waals surface area contributed by atoms with Gasteiger partial charge in [0.25, 0.3) is 0 Å². The Hall–Kier alpha value is -0.0800. The van der Waals surface area contributed by atoms with Crippen LogP contribution in [0.4, 0.5) is 0 Å². The predicted octanol–water partition coefficient (Wildman–Crippen LogP) is 3.32. The fourth-order valence-corrected chi connectivity index (χ4v) is 4.80. The van der Waals surface area contributed by atoms with E-state index in [1.165, 1.54) is 70.9 Å². The second-order valence-corrected chi connectivity index (χ2v) is 7.33. The van der Waals surface area contributed by atoms with Crippen LogP contribution in [0.5, 0.6) is 0 Å². The lowest BCUT2D eigenvalue weighted by molar-refractivity contribution is 0.203. The van der Waals surface area contributed by atoms with Gasteiger partial charge in [0.05, 0.1) is 0 Å². The molecule has 2 aliphatic carbocycles. The Morgan fingerprint density at radius 2 is 1.84 bits per heavy atom. The lowest BCUT2D eigenvalue weighted by Gasteiger charge is -2.37. The fraction of sp³-hybridized carbons (Fsp3) is 1.00. The van der Waals surface area contributed by atoms with Gasteiger partial charge in [-0.1, -0.05) is 32.6 Å². The maximum absolute atomic E-state index is 3.98. The molecule has 3 rings (SSSR count). The van der Waals surface area contributed by atoms with Crippen LogP contribution in [0.25, 0.3) is 0 Å². The molecule has 2 nitrogen and oxygen atoms in total. The van der Waals surface area contributed by atoms with Crippen LogP contribution in [-0.2, 0) is 0 Å². The van der Waals surface area contributed by atoms with Crippen LogP contribution in [-0.4, -0.2) is 25.2 Å². The van der Waals surface area contributed by atoms with Gasteiger partial charge in [-0.2, -0.15) is 0 Å². The fourth-order valence-electron chi connectivity index (χ4n) is 4.80. The molecule has 2 heteroatoms. The van der Waals surface area contributed by atoms with Crippen molar-refractivity contribution in [3.8, 4) is 0 Å². The third kappa shape index (κ3) is 3.33. The van der Waals surface area contributed by atoms with E-state index in [1.54, 1.807) is 0 Å². The standard InChI is InChI=1S/C17H32N2/c1-13-6-4-7-14(13)12-19-17-9-3-2-8-15(17)16-10-5-11-18-16/h13-19H,2-12H2,1H3. The molecule has 19 heavy (non-hydrogen) atoms. The number of hydrogen-bond donors (Lipinski definition) is 2.